The minimum absolute atomic E-state index is 0.185. The summed E-state index contributed by atoms with van der Waals surface area (Å²) in [5.74, 6) is 0.388. The maximum absolute atomic E-state index is 8.42. The number of hydrogen-bond acceptors (Lipinski definition) is 3. The Labute approximate surface area is 129 Å². The fourth-order valence-corrected chi connectivity index (χ4v) is 2.59. The largest absolute Gasteiger partial charge is 0.411 e. The van der Waals surface area contributed by atoms with Crippen molar-refractivity contribution in [3.8, 4) is 0 Å². The van der Waals surface area contributed by atoms with E-state index in [9.17, 15) is 0 Å². The molecule has 0 aliphatic heterocycles. The lowest BCUT2D eigenvalue weighted by atomic mass is 9.99. The van der Waals surface area contributed by atoms with E-state index in [0.29, 0.717) is 5.92 Å². The number of nitrogens with zero attached hydrogens (tertiary/aromatic N) is 1. The van der Waals surface area contributed by atoms with Gasteiger partial charge in [-0.2, -0.15) is 0 Å². The number of nitrogens with two attached hydrogens (primary N) is 1. The van der Waals surface area contributed by atoms with Crippen LogP contribution in [-0.4, -0.2) is 11.4 Å². The molecule has 0 spiro atoms. The standard InChI is InChI=1S/C18H30N2O/c1-16(15-20-21)11-7-4-2-3-5-10-14-18(19)17-12-8-6-9-13-17/h6,8-9,12-13,15-16,18,21H,2-5,7,10-11,14,19H2,1H3/b20-15+. The van der Waals surface area contributed by atoms with E-state index in [4.69, 9.17) is 10.9 Å². The summed E-state index contributed by atoms with van der Waals surface area (Å²) in [6.07, 6.45) is 11.4. The second kappa shape index (κ2) is 11.3. The molecule has 3 heteroatoms. The van der Waals surface area contributed by atoms with Crippen molar-refractivity contribution >= 4 is 6.21 Å². The van der Waals surface area contributed by atoms with Gasteiger partial charge in [0, 0.05) is 12.3 Å². The van der Waals surface area contributed by atoms with Crippen LogP contribution in [0.5, 0.6) is 0 Å². The molecule has 0 aliphatic rings. The van der Waals surface area contributed by atoms with Gasteiger partial charge < -0.3 is 10.9 Å². The van der Waals surface area contributed by atoms with Crippen LogP contribution in [0.15, 0.2) is 35.5 Å². The Morgan fingerprint density at radius 1 is 1.00 bits per heavy atom. The topological polar surface area (TPSA) is 58.6 Å². The summed E-state index contributed by atoms with van der Waals surface area (Å²) in [5.41, 5.74) is 7.43. The minimum Gasteiger partial charge on any atom is -0.411 e. The van der Waals surface area contributed by atoms with Gasteiger partial charge in [0.1, 0.15) is 0 Å². The van der Waals surface area contributed by atoms with E-state index in [2.05, 4.69) is 36.3 Å². The molecule has 0 radical (unpaired) electrons. The third-order valence-corrected chi connectivity index (χ3v) is 3.97. The van der Waals surface area contributed by atoms with Crippen LogP contribution in [0.1, 0.15) is 69.9 Å². The lowest BCUT2D eigenvalue weighted by Gasteiger charge is -2.11. The maximum atomic E-state index is 8.42. The molecular formula is C18H30N2O. The summed E-state index contributed by atoms with van der Waals surface area (Å²) >= 11 is 0. The zero-order valence-electron chi connectivity index (χ0n) is 13.2. The number of unbranched alkanes of at least 4 members (excludes halogenated alkanes) is 5. The molecule has 0 fully saturated rings. The first-order valence-electron chi connectivity index (χ1n) is 8.22. The van der Waals surface area contributed by atoms with Crippen LogP contribution in [0.2, 0.25) is 0 Å². The second-order valence-electron chi connectivity index (χ2n) is 5.96. The fraction of sp³-hybridized carbons (Fsp3) is 0.611. The Bertz CT molecular complexity index is 378. The second-order valence-corrected chi connectivity index (χ2v) is 5.96. The zero-order chi connectivity index (χ0) is 15.3. The maximum Gasteiger partial charge on any atom is 0.0464 e. The molecule has 0 heterocycles. The Kier molecular flexibility index (Phi) is 9.55. The van der Waals surface area contributed by atoms with Crippen molar-refractivity contribution in [2.75, 3.05) is 0 Å². The van der Waals surface area contributed by atoms with Gasteiger partial charge >= 0.3 is 0 Å². The SMILES string of the molecule is CC(/C=N/O)CCCCCCCCC(N)c1ccccc1. The van der Waals surface area contributed by atoms with E-state index in [1.807, 2.05) is 6.07 Å². The summed E-state index contributed by atoms with van der Waals surface area (Å²) in [6, 6.07) is 10.5. The van der Waals surface area contributed by atoms with Gasteiger partial charge in [-0.05, 0) is 24.3 Å². The molecule has 2 atom stereocenters. The van der Waals surface area contributed by atoms with E-state index >= 15 is 0 Å². The van der Waals surface area contributed by atoms with E-state index in [0.717, 1.165) is 12.8 Å². The molecule has 1 aromatic rings. The minimum atomic E-state index is 0.185. The molecule has 3 nitrogen and oxygen atoms in total. The first-order chi connectivity index (χ1) is 10.2. The predicted octanol–water partition coefficient (Wildman–Crippen LogP) is 4.90. The quantitative estimate of drug-likeness (QED) is 0.263. The van der Waals surface area contributed by atoms with Crippen molar-refractivity contribution in [2.45, 2.75) is 64.3 Å². The van der Waals surface area contributed by atoms with Crippen molar-refractivity contribution in [3.05, 3.63) is 35.9 Å². The molecule has 0 aliphatic carbocycles. The highest BCUT2D eigenvalue weighted by atomic mass is 16.4. The van der Waals surface area contributed by atoms with Crippen LogP contribution in [-0.2, 0) is 0 Å². The van der Waals surface area contributed by atoms with Crippen molar-refractivity contribution in [3.63, 3.8) is 0 Å². The number of rotatable bonds is 11. The highest BCUT2D eigenvalue weighted by molar-refractivity contribution is 5.58. The Hall–Kier alpha value is -1.35. The third kappa shape index (κ3) is 8.51. The third-order valence-electron chi connectivity index (χ3n) is 3.97. The molecule has 0 saturated carbocycles. The van der Waals surface area contributed by atoms with Gasteiger partial charge in [0.15, 0.2) is 0 Å². The van der Waals surface area contributed by atoms with E-state index < -0.39 is 0 Å². The van der Waals surface area contributed by atoms with Gasteiger partial charge in [-0.3, -0.25) is 0 Å². The van der Waals surface area contributed by atoms with E-state index in [1.165, 1.54) is 44.1 Å². The Morgan fingerprint density at radius 3 is 2.19 bits per heavy atom. The first kappa shape index (κ1) is 17.7. The molecule has 21 heavy (non-hydrogen) atoms. The number of oxime groups is 1. The van der Waals surface area contributed by atoms with Crippen LogP contribution in [0.3, 0.4) is 0 Å². The monoisotopic (exact) mass is 290 g/mol. The van der Waals surface area contributed by atoms with Crippen LogP contribution in [0, 0.1) is 5.92 Å². The normalized spacial score (nSPS) is 14.4. The number of benzene rings is 1. The lowest BCUT2D eigenvalue weighted by molar-refractivity contribution is 0.318. The summed E-state index contributed by atoms with van der Waals surface area (Å²) in [4.78, 5) is 0. The van der Waals surface area contributed by atoms with Gasteiger partial charge in [-0.25, -0.2) is 0 Å². The first-order valence-corrected chi connectivity index (χ1v) is 8.22. The molecule has 2 unspecified atom stereocenters. The van der Waals surface area contributed by atoms with Gasteiger partial charge in [0.05, 0.1) is 0 Å². The smallest absolute Gasteiger partial charge is 0.0464 e. The Morgan fingerprint density at radius 2 is 1.57 bits per heavy atom. The van der Waals surface area contributed by atoms with Crippen LogP contribution >= 0.6 is 0 Å². The summed E-state index contributed by atoms with van der Waals surface area (Å²) in [6.45, 7) is 2.09. The van der Waals surface area contributed by atoms with Crippen LogP contribution in [0.25, 0.3) is 0 Å². The van der Waals surface area contributed by atoms with Gasteiger partial charge in [0.2, 0.25) is 0 Å². The molecule has 0 saturated heterocycles. The van der Waals surface area contributed by atoms with Crippen molar-refractivity contribution in [1.82, 2.24) is 0 Å². The van der Waals surface area contributed by atoms with Crippen LogP contribution < -0.4 is 5.73 Å². The molecule has 1 aromatic carbocycles. The number of hydrogen-bond donors (Lipinski definition) is 2. The molecule has 0 amide bonds. The highest BCUT2D eigenvalue weighted by Crippen LogP contribution is 2.18. The molecule has 0 aromatic heterocycles. The van der Waals surface area contributed by atoms with Crippen LogP contribution in [0.4, 0.5) is 0 Å². The average molecular weight is 290 g/mol. The van der Waals surface area contributed by atoms with Crippen molar-refractivity contribution < 1.29 is 5.21 Å². The van der Waals surface area contributed by atoms with Gasteiger partial charge in [-0.1, -0.05) is 75.8 Å². The highest BCUT2D eigenvalue weighted by Gasteiger charge is 2.04. The van der Waals surface area contributed by atoms with Gasteiger partial charge in [-0.15, -0.1) is 5.16 Å². The molecule has 118 valence electrons. The fourth-order valence-electron chi connectivity index (χ4n) is 2.59. The summed E-state index contributed by atoms with van der Waals surface area (Å²) in [7, 11) is 0. The molecular weight excluding hydrogens is 260 g/mol. The molecule has 3 N–H and O–H groups in total. The summed E-state index contributed by atoms with van der Waals surface area (Å²) < 4.78 is 0. The molecule has 1 rings (SSSR count). The summed E-state index contributed by atoms with van der Waals surface area (Å²) in [5, 5.41) is 11.5. The van der Waals surface area contributed by atoms with E-state index in [-0.39, 0.29) is 6.04 Å². The lowest BCUT2D eigenvalue weighted by Crippen LogP contribution is -2.09. The van der Waals surface area contributed by atoms with Gasteiger partial charge in [0.25, 0.3) is 0 Å². The predicted molar refractivity (Wildman–Crippen MR) is 89.7 cm³/mol. The van der Waals surface area contributed by atoms with E-state index in [1.54, 1.807) is 6.21 Å². The van der Waals surface area contributed by atoms with Crippen molar-refractivity contribution in [1.29, 1.82) is 0 Å². The zero-order valence-corrected chi connectivity index (χ0v) is 13.2. The van der Waals surface area contributed by atoms with Crippen molar-refractivity contribution in [2.24, 2.45) is 16.8 Å². The Balaban J connectivity index is 1.95. The molecule has 0 bridgehead atoms. The average Bonchev–Trinajstić information content (AvgIpc) is 2.51.